The summed E-state index contributed by atoms with van der Waals surface area (Å²) in [6, 6.07) is 1.18. The molecule has 8 nitrogen and oxygen atoms in total. The van der Waals surface area contributed by atoms with Gasteiger partial charge < -0.3 is 25.5 Å². The Hall–Kier alpha value is -3.62. The van der Waals surface area contributed by atoms with Crippen molar-refractivity contribution in [3.63, 3.8) is 0 Å². The SMILES string of the molecule is C=O.CC1CCN(C2=NC3C(=CN2)C2=C(COC2)C(c2ncc(F)c4sc(N)c(C#N)c24)=C3F)C1. The average molecular weight is 497 g/mol. The fourth-order valence-corrected chi connectivity index (χ4v) is 5.95. The van der Waals surface area contributed by atoms with Crippen molar-refractivity contribution in [3.05, 3.63) is 52.0 Å². The first-order chi connectivity index (χ1) is 17.0. The minimum Gasteiger partial charge on any atom is -0.389 e. The van der Waals surface area contributed by atoms with E-state index in [4.69, 9.17) is 20.3 Å². The average Bonchev–Trinajstić information content (AvgIpc) is 3.60. The number of carbonyl (C=O) groups excluding carboxylic acids is 1. The van der Waals surface area contributed by atoms with E-state index in [0.29, 0.717) is 24.1 Å². The molecule has 4 aliphatic rings. The Morgan fingerprint density at radius 1 is 1.34 bits per heavy atom. The Labute approximate surface area is 204 Å². The van der Waals surface area contributed by atoms with Gasteiger partial charge in [0.2, 0.25) is 0 Å². The second-order valence-electron chi connectivity index (χ2n) is 8.72. The number of hydrogen-bond acceptors (Lipinski definition) is 9. The number of aromatic nitrogens is 1. The summed E-state index contributed by atoms with van der Waals surface area (Å²) in [5.74, 6) is 0.113. The number of anilines is 1. The molecule has 2 unspecified atom stereocenters. The Morgan fingerprint density at radius 3 is 2.83 bits per heavy atom. The van der Waals surface area contributed by atoms with E-state index in [1.165, 1.54) is 0 Å². The molecule has 0 saturated carbocycles. The summed E-state index contributed by atoms with van der Waals surface area (Å²) in [5.41, 5.74) is 8.76. The molecule has 2 aromatic heterocycles. The lowest BCUT2D eigenvalue weighted by atomic mass is 9.82. The summed E-state index contributed by atoms with van der Waals surface area (Å²) in [4.78, 5) is 19.1. The number of hydrogen-bond donors (Lipinski definition) is 2. The first kappa shape index (κ1) is 23.1. The number of pyridine rings is 1. The van der Waals surface area contributed by atoms with Crippen LogP contribution >= 0.6 is 11.3 Å². The third-order valence-electron chi connectivity index (χ3n) is 6.66. The van der Waals surface area contributed by atoms with Crippen molar-refractivity contribution in [2.75, 3.05) is 32.0 Å². The van der Waals surface area contributed by atoms with E-state index in [2.05, 4.69) is 22.1 Å². The number of carbonyl (C=O) groups is 1. The van der Waals surface area contributed by atoms with Gasteiger partial charge in [-0.25, -0.2) is 13.8 Å². The minimum absolute atomic E-state index is 0.111. The normalized spacial score (nSPS) is 23.2. The molecule has 6 rings (SSSR count). The van der Waals surface area contributed by atoms with Crippen molar-refractivity contribution in [2.24, 2.45) is 10.9 Å². The van der Waals surface area contributed by atoms with Crippen LogP contribution in [0.25, 0.3) is 15.7 Å². The highest BCUT2D eigenvalue weighted by Crippen LogP contribution is 2.48. The number of thiophene rings is 1. The molecule has 35 heavy (non-hydrogen) atoms. The highest BCUT2D eigenvalue weighted by molar-refractivity contribution is 7.23. The zero-order valence-electron chi connectivity index (χ0n) is 18.9. The summed E-state index contributed by atoms with van der Waals surface area (Å²) in [6.45, 7) is 6.42. The molecule has 11 heteroatoms. The van der Waals surface area contributed by atoms with E-state index in [9.17, 15) is 9.65 Å². The van der Waals surface area contributed by atoms with Crippen molar-refractivity contribution in [1.82, 2.24) is 15.2 Å². The van der Waals surface area contributed by atoms with Gasteiger partial charge in [0, 0.05) is 35.8 Å². The molecule has 3 aliphatic heterocycles. The Morgan fingerprint density at radius 2 is 2.11 bits per heavy atom. The molecule has 0 spiro atoms. The highest BCUT2D eigenvalue weighted by atomic mass is 32.1. The number of rotatable bonds is 1. The molecule has 1 saturated heterocycles. The number of guanidine groups is 1. The molecule has 0 aromatic carbocycles. The van der Waals surface area contributed by atoms with Gasteiger partial charge in [-0.2, -0.15) is 5.26 Å². The molecular formula is C24H22F2N6O2S. The maximum Gasteiger partial charge on any atom is 0.199 e. The fraction of sp³-hybridized carbons (Fsp3) is 0.333. The standard InChI is InChI=1S/C23H20F2N6OS.CH2O/c1-10-2-3-31(7-10)23-29-5-12-13-8-32-9-14(13)16(18(25)19(12)30-23)20-17-11(4-26)22(27)33-21(17)15(24)6-28-20;1-2/h5-6,10,19H,2-3,7-9,27H2,1H3,(H,29,30);1H2. The summed E-state index contributed by atoms with van der Waals surface area (Å²) in [7, 11) is 0. The molecule has 0 amide bonds. The maximum atomic E-state index is 16.3. The minimum atomic E-state index is -0.851. The van der Waals surface area contributed by atoms with Gasteiger partial charge in [0.15, 0.2) is 11.8 Å². The van der Waals surface area contributed by atoms with Crippen LogP contribution in [0.4, 0.5) is 13.8 Å². The largest absolute Gasteiger partial charge is 0.389 e. The first-order valence-corrected chi connectivity index (χ1v) is 11.8. The van der Waals surface area contributed by atoms with Crippen LogP contribution in [0, 0.1) is 23.1 Å². The number of nitrogens with one attached hydrogen (secondary N) is 1. The molecule has 3 N–H and O–H groups in total. The lowest BCUT2D eigenvalue weighted by molar-refractivity contribution is -0.0980. The van der Waals surface area contributed by atoms with Gasteiger partial charge in [0.1, 0.15) is 29.7 Å². The number of nitrogens with zero attached hydrogens (tertiary/aromatic N) is 4. The van der Waals surface area contributed by atoms with Crippen molar-refractivity contribution in [1.29, 1.82) is 5.26 Å². The predicted molar refractivity (Wildman–Crippen MR) is 129 cm³/mol. The molecule has 180 valence electrons. The number of halogens is 2. The summed E-state index contributed by atoms with van der Waals surface area (Å²) < 4.78 is 36.7. The van der Waals surface area contributed by atoms with E-state index in [1.807, 2.05) is 19.1 Å². The number of nitriles is 1. The molecule has 5 heterocycles. The Kier molecular flexibility index (Phi) is 5.86. The van der Waals surface area contributed by atoms with Gasteiger partial charge in [0.05, 0.1) is 35.4 Å². The molecule has 0 radical (unpaired) electrons. The van der Waals surface area contributed by atoms with E-state index in [0.717, 1.165) is 48.2 Å². The zero-order valence-corrected chi connectivity index (χ0v) is 19.7. The third-order valence-corrected chi connectivity index (χ3v) is 7.68. The van der Waals surface area contributed by atoms with E-state index in [1.54, 1.807) is 0 Å². The monoisotopic (exact) mass is 496 g/mol. The van der Waals surface area contributed by atoms with Crippen molar-refractivity contribution < 1.29 is 18.3 Å². The number of ether oxygens (including phenoxy) is 1. The third kappa shape index (κ3) is 3.52. The van der Waals surface area contributed by atoms with Gasteiger partial charge in [-0.1, -0.05) is 6.92 Å². The molecule has 2 aromatic rings. The number of nitrogen functional groups attached to an aromatic ring is 1. The summed E-state index contributed by atoms with van der Waals surface area (Å²) >= 11 is 0.967. The van der Waals surface area contributed by atoms with Gasteiger partial charge in [-0.3, -0.25) is 4.98 Å². The number of fused-ring (bicyclic) bond motifs is 3. The molecule has 1 fully saturated rings. The summed E-state index contributed by atoms with van der Waals surface area (Å²) in [5, 5.41) is 13.3. The van der Waals surface area contributed by atoms with Crippen LogP contribution in [0.5, 0.6) is 0 Å². The van der Waals surface area contributed by atoms with Crippen molar-refractivity contribution >= 4 is 44.7 Å². The van der Waals surface area contributed by atoms with Crippen LogP contribution in [0.2, 0.25) is 0 Å². The molecular weight excluding hydrogens is 474 g/mol. The summed E-state index contributed by atoms with van der Waals surface area (Å²) in [6.07, 6.45) is 3.93. The van der Waals surface area contributed by atoms with Crippen LogP contribution in [0.1, 0.15) is 24.6 Å². The van der Waals surface area contributed by atoms with Crippen LogP contribution in [-0.2, 0) is 9.53 Å². The zero-order chi connectivity index (χ0) is 24.9. The molecule has 0 bridgehead atoms. The van der Waals surface area contributed by atoms with Crippen LogP contribution in [-0.4, -0.2) is 55.0 Å². The van der Waals surface area contributed by atoms with E-state index < -0.39 is 17.7 Å². The van der Waals surface area contributed by atoms with Crippen LogP contribution < -0.4 is 11.1 Å². The number of nitrogens with two attached hydrogens (primary N) is 1. The lowest BCUT2D eigenvalue weighted by Crippen LogP contribution is -2.42. The second-order valence-corrected chi connectivity index (χ2v) is 9.78. The van der Waals surface area contributed by atoms with E-state index in [-0.39, 0.29) is 38.5 Å². The van der Waals surface area contributed by atoms with Gasteiger partial charge in [-0.15, -0.1) is 11.3 Å². The molecule has 2 atom stereocenters. The van der Waals surface area contributed by atoms with Crippen LogP contribution in [0.3, 0.4) is 0 Å². The quantitative estimate of drug-likeness (QED) is 0.622. The van der Waals surface area contributed by atoms with Crippen molar-refractivity contribution in [2.45, 2.75) is 19.4 Å². The molecule has 1 aliphatic carbocycles. The highest BCUT2D eigenvalue weighted by Gasteiger charge is 2.40. The second kappa shape index (κ2) is 8.87. The number of likely N-dealkylation sites (tertiary alicyclic amines) is 1. The van der Waals surface area contributed by atoms with Gasteiger partial charge >= 0.3 is 0 Å². The maximum absolute atomic E-state index is 16.3. The Bertz CT molecular complexity index is 1400. The fourth-order valence-electron chi connectivity index (χ4n) is 5.03. The lowest BCUT2D eigenvalue weighted by Gasteiger charge is -2.31. The topological polar surface area (TPSA) is 117 Å². The number of aliphatic imine (C=N–C) groups is 1. The first-order valence-electron chi connectivity index (χ1n) is 11.0. The predicted octanol–water partition coefficient (Wildman–Crippen LogP) is 3.28. The van der Waals surface area contributed by atoms with Gasteiger partial charge in [-0.05, 0) is 23.5 Å². The smallest absolute Gasteiger partial charge is 0.199 e. The Balaban J connectivity index is 0.00000124. The van der Waals surface area contributed by atoms with Crippen LogP contribution in [0.15, 0.2) is 39.9 Å². The van der Waals surface area contributed by atoms with Crippen molar-refractivity contribution in [3.8, 4) is 6.07 Å². The van der Waals surface area contributed by atoms with E-state index >= 15 is 4.39 Å². The van der Waals surface area contributed by atoms with Gasteiger partial charge in [0.25, 0.3) is 0 Å².